The van der Waals surface area contributed by atoms with Crippen LogP contribution < -0.4 is 10.1 Å². The average molecular weight is 293 g/mol. The van der Waals surface area contributed by atoms with Crippen molar-refractivity contribution in [2.24, 2.45) is 5.92 Å². The molecule has 21 heavy (non-hydrogen) atoms. The van der Waals surface area contributed by atoms with Gasteiger partial charge < -0.3 is 15.2 Å². The van der Waals surface area contributed by atoms with Crippen LogP contribution in [0.4, 0.5) is 0 Å². The zero-order chi connectivity index (χ0) is 15.8. The van der Waals surface area contributed by atoms with Gasteiger partial charge in [0, 0.05) is 12.5 Å². The van der Waals surface area contributed by atoms with Crippen molar-refractivity contribution < 1.29 is 19.4 Å². The van der Waals surface area contributed by atoms with Crippen LogP contribution in [0.3, 0.4) is 0 Å². The predicted octanol–water partition coefficient (Wildman–Crippen LogP) is 2.38. The second-order valence-electron chi connectivity index (χ2n) is 5.25. The summed E-state index contributed by atoms with van der Waals surface area (Å²) >= 11 is 0. The van der Waals surface area contributed by atoms with Crippen LogP contribution in [0.1, 0.15) is 32.3 Å². The number of aryl methyl sites for hydroxylation is 1. The van der Waals surface area contributed by atoms with E-state index in [0.29, 0.717) is 19.4 Å². The minimum absolute atomic E-state index is 0.150. The monoisotopic (exact) mass is 293 g/mol. The third kappa shape index (κ3) is 6.29. The fourth-order valence-electron chi connectivity index (χ4n) is 1.72. The lowest BCUT2D eigenvalue weighted by Crippen LogP contribution is -2.40. The van der Waals surface area contributed by atoms with Crippen LogP contribution in [-0.2, 0) is 9.59 Å². The van der Waals surface area contributed by atoms with E-state index in [0.717, 1.165) is 5.75 Å². The number of carboxylic acids is 1. The van der Waals surface area contributed by atoms with Crippen LogP contribution in [0, 0.1) is 12.8 Å². The van der Waals surface area contributed by atoms with Gasteiger partial charge >= 0.3 is 5.97 Å². The lowest BCUT2D eigenvalue weighted by Gasteiger charge is -2.17. The molecular formula is C16H23NO4. The number of ether oxygens (including phenoxy) is 1. The Hall–Kier alpha value is -2.04. The van der Waals surface area contributed by atoms with Gasteiger partial charge in [0.25, 0.3) is 0 Å². The van der Waals surface area contributed by atoms with Crippen molar-refractivity contribution in [2.75, 3.05) is 6.61 Å². The maximum absolute atomic E-state index is 11.7. The third-order valence-electron chi connectivity index (χ3n) is 3.37. The number of amides is 1. The molecule has 5 heteroatoms. The number of rotatable bonds is 8. The fraction of sp³-hybridized carbons (Fsp3) is 0.500. The van der Waals surface area contributed by atoms with E-state index in [9.17, 15) is 9.59 Å². The zero-order valence-corrected chi connectivity index (χ0v) is 12.8. The van der Waals surface area contributed by atoms with Crippen LogP contribution in [0.25, 0.3) is 0 Å². The molecule has 2 unspecified atom stereocenters. The van der Waals surface area contributed by atoms with Crippen molar-refractivity contribution in [3.8, 4) is 5.75 Å². The zero-order valence-electron chi connectivity index (χ0n) is 12.8. The Morgan fingerprint density at radius 2 is 1.86 bits per heavy atom. The maximum Gasteiger partial charge on any atom is 0.308 e. The van der Waals surface area contributed by atoms with Gasteiger partial charge in [-0.1, -0.05) is 17.7 Å². The summed E-state index contributed by atoms with van der Waals surface area (Å²) in [6, 6.07) is 7.35. The van der Waals surface area contributed by atoms with Crippen LogP contribution in [0.5, 0.6) is 5.75 Å². The van der Waals surface area contributed by atoms with Gasteiger partial charge in [0.2, 0.25) is 5.91 Å². The summed E-state index contributed by atoms with van der Waals surface area (Å²) in [5.74, 6) is -0.875. The standard InChI is InChI=1S/C16H23NO4/c1-11-6-8-14(9-7-11)21-10-4-5-15(18)17-13(3)12(2)16(19)20/h6-9,12-13H,4-5,10H2,1-3H3,(H,17,18)(H,19,20). The van der Waals surface area contributed by atoms with E-state index in [4.69, 9.17) is 9.84 Å². The highest BCUT2D eigenvalue weighted by atomic mass is 16.5. The molecule has 0 heterocycles. The van der Waals surface area contributed by atoms with Crippen molar-refractivity contribution in [3.05, 3.63) is 29.8 Å². The molecule has 0 aliphatic rings. The van der Waals surface area contributed by atoms with Crippen LogP contribution in [0.2, 0.25) is 0 Å². The maximum atomic E-state index is 11.7. The fourth-order valence-corrected chi connectivity index (χ4v) is 1.72. The minimum Gasteiger partial charge on any atom is -0.494 e. The van der Waals surface area contributed by atoms with Crippen molar-refractivity contribution in [3.63, 3.8) is 0 Å². The molecule has 1 aromatic rings. The molecule has 0 aliphatic heterocycles. The number of aliphatic carboxylic acids is 1. The largest absolute Gasteiger partial charge is 0.494 e. The molecule has 0 spiro atoms. The van der Waals surface area contributed by atoms with E-state index in [1.807, 2.05) is 31.2 Å². The molecule has 0 bridgehead atoms. The van der Waals surface area contributed by atoms with Gasteiger partial charge in [-0.25, -0.2) is 0 Å². The highest BCUT2D eigenvalue weighted by Gasteiger charge is 2.20. The molecule has 1 rings (SSSR count). The second-order valence-corrected chi connectivity index (χ2v) is 5.25. The molecule has 0 aromatic heterocycles. The van der Waals surface area contributed by atoms with Gasteiger partial charge in [-0.3, -0.25) is 9.59 Å². The molecule has 1 amide bonds. The van der Waals surface area contributed by atoms with E-state index in [1.165, 1.54) is 5.56 Å². The Bertz CT molecular complexity index is 470. The number of nitrogens with one attached hydrogen (secondary N) is 1. The van der Waals surface area contributed by atoms with Crippen LogP contribution in [0.15, 0.2) is 24.3 Å². The Balaban J connectivity index is 2.21. The van der Waals surface area contributed by atoms with E-state index in [2.05, 4.69) is 5.32 Å². The number of carbonyl (C=O) groups excluding carboxylic acids is 1. The van der Waals surface area contributed by atoms with Crippen molar-refractivity contribution in [2.45, 2.75) is 39.7 Å². The Morgan fingerprint density at radius 3 is 2.43 bits per heavy atom. The SMILES string of the molecule is Cc1ccc(OCCCC(=O)NC(C)C(C)C(=O)O)cc1. The summed E-state index contributed by atoms with van der Waals surface area (Å²) in [5, 5.41) is 11.5. The highest BCUT2D eigenvalue weighted by Crippen LogP contribution is 2.11. The van der Waals surface area contributed by atoms with Gasteiger partial charge in [-0.2, -0.15) is 0 Å². The van der Waals surface area contributed by atoms with Crippen molar-refractivity contribution in [1.29, 1.82) is 0 Å². The van der Waals surface area contributed by atoms with Crippen molar-refractivity contribution >= 4 is 11.9 Å². The van der Waals surface area contributed by atoms with Gasteiger partial charge in [0.15, 0.2) is 0 Å². The summed E-state index contributed by atoms with van der Waals surface area (Å²) in [7, 11) is 0. The number of benzene rings is 1. The van der Waals surface area contributed by atoms with Crippen molar-refractivity contribution in [1.82, 2.24) is 5.32 Å². The number of carbonyl (C=O) groups is 2. The molecule has 116 valence electrons. The molecule has 0 fully saturated rings. The first-order valence-electron chi connectivity index (χ1n) is 7.11. The first-order valence-corrected chi connectivity index (χ1v) is 7.11. The number of hydrogen-bond acceptors (Lipinski definition) is 3. The minimum atomic E-state index is -0.912. The first-order chi connectivity index (χ1) is 9.90. The van der Waals surface area contributed by atoms with E-state index in [-0.39, 0.29) is 11.9 Å². The lowest BCUT2D eigenvalue weighted by atomic mass is 10.0. The molecule has 0 radical (unpaired) electrons. The molecule has 1 aromatic carbocycles. The molecule has 0 aliphatic carbocycles. The lowest BCUT2D eigenvalue weighted by molar-refractivity contribution is -0.142. The van der Waals surface area contributed by atoms with Gasteiger partial charge in [0.1, 0.15) is 5.75 Å². The summed E-state index contributed by atoms with van der Waals surface area (Å²) in [4.78, 5) is 22.5. The second kappa shape index (κ2) is 8.29. The molecule has 2 atom stereocenters. The smallest absolute Gasteiger partial charge is 0.308 e. The molecule has 2 N–H and O–H groups in total. The molecular weight excluding hydrogens is 270 g/mol. The summed E-state index contributed by atoms with van der Waals surface area (Å²) < 4.78 is 5.53. The molecule has 0 saturated heterocycles. The average Bonchev–Trinajstić information content (AvgIpc) is 2.44. The van der Waals surface area contributed by atoms with Gasteiger partial charge in [-0.15, -0.1) is 0 Å². The van der Waals surface area contributed by atoms with E-state index < -0.39 is 11.9 Å². The normalized spacial score (nSPS) is 13.3. The Labute approximate surface area is 125 Å². The summed E-state index contributed by atoms with van der Waals surface area (Å²) in [5.41, 5.74) is 1.17. The first kappa shape index (κ1) is 17.0. The topological polar surface area (TPSA) is 75.6 Å². The molecule has 0 saturated carbocycles. The molecule has 5 nitrogen and oxygen atoms in total. The summed E-state index contributed by atoms with van der Waals surface area (Å²) in [6.45, 7) is 5.74. The number of hydrogen-bond donors (Lipinski definition) is 2. The van der Waals surface area contributed by atoms with Gasteiger partial charge in [0.05, 0.1) is 12.5 Å². The van der Waals surface area contributed by atoms with Gasteiger partial charge in [-0.05, 0) is 39.3 Å². The quantitative estimate of drug-likeness (QED) is 0.722. The Morgan fingerprint density at radius 1 is 1.24 bits per heavy atom. The van der Waals surface area contributed by atoms with Crippen LogP contribution in [-0.4, -0.2) is 29.6 Å². The third-order valence-corrected chi connectivity index (χ3v) is 3.37. The van der Waals surface area contributed by atoms with Crippen LogP contribution >= 0.6 is 0 Å². The van der Waals surface area contributed by atoms with E-state index >= 15 is 0 Å². The highest BCUT2D eigenvalue weighted by molar-refractivity contribution is 5.77. The summed E-state index contributed by atoms with van der Waals surface area (Å²) in [6.07, 6.45) is 0.913. The predicted molar refractivity (Wildman–Crippen MR) is 80.3 cm³/mol. The number of carboxylic acid groups (broad SMARTS) is 1. The van der Waals surface area contributed by atoms with E-state index in [1.54, 1.807) is 13.8 Å². The Kier molecular flexibility index (Phi) is 6.72.